The summed E-state index contributed by atoms with van der Waals surface area (Å²) in [5.41, 5.74) is 0. The minimum absolute atomic E-state index is 0.0982. The highest BCUT2D eigenvalue weighted by Crippen LogP contribution is 2.45. The summed E-state index contributed by atoms with van der Waals surface area (Å²) in [5, 5.41) is 20.6. The lowest BCUT2D eigenvalue weighted by molar-refractivity contribution is -0.161. The standard InChI is InChI=1S/C81H140O16P2/c1-4-7-10-13-16-19-22-24-26-28-30-31-32-33-34-35-36-37-38-39-40-41-42-43-45-47-48-50-53-55-58-61-64-67-79(84)91-70-76(82)71-93-98(87,88)94-72-77(83)73-95-99(89,90)96-75-78(97-81(86)69-66-63-60-57-52-21-18-15-12-9-6-3)74-92-80(85)68-65-62-59-56-54-51-49-46-44-29-27-25-23-20-17-14-11-8-5-2/h7-8,10-11,16-17,19-20,24-27,30-31,33-34,44,46,51,54,76-78,82-83H,4-6,9,12-15,18,21-23,28-29,32,35-43,45,47-50,52-53,55-75H2,1-3H3,(H,87,88)(H,89,90)/b10-7-,11-8-,19-16-,20-17-,26-24-,27-25-,31-30-,34-33-,46-44-,54-51-. The number of hydrogen-bond donors (Lipinski definition) is 4. The number of aliphatic hydroxyl groups is 2. The molecule has 16 nitrogen and oxygen atoms in total. The molecule has 0 bridgehead atoms. The Balaban J connectivity index is 4.37. The van der Waals surface area contributed by atoms with Crippen LogP contribution in [0.25, 0.3) is 0 Å². The van der Waals surface area contributed by atoms with Crippen LogP contribution in [0.5, 0.6) is 0 Å². The third-order valence-corrected chi connectivity index (χ3v) is 18.1. The summed E-state index contributed by atoms with van der Waals surface area (Å²) in [6.07, 6.45) is 87.1. The van der Waals surface area contributed by atoms with Crippen LogP contribution in [0, 0.1) is 0 Å². The van der Waals surface area contributed by atoms with Crippen molar-refractivity contribution in [3.05, 3.63) is 122 Å². The van der Waals surface area contributed by atoms with E-state index in [0.29, 0.717) is 19.3 Å². The van der Waals surface area contributed by atoms with Crippen LogP contribution < -0.4 is 0 Å². The van der Waals surface area contributed by atoms with Crippen LogP contribution in [0.2, 0.25) is 0 Å². The van der Waals surface area contributed by atoms with Crippen LogP contribution in [0.15, 0.2) is 122 Å². The Morgan fingerprint density at radius 1 is 0.293 bits per heavy atom. The number of hydrogen-bond acceptors (Lipinski definition) is 14. The van der Waals surface area contributed by atoms with Gasteiger partial charge in [-0.25, -0.2) is 9.13 Å². The molecule has 5 atom stereocenters. The molecule has 5 unspecified atom stereocenters. The van der Waals surface area contributed by atoms with E-state index in [0.717, 1.165) is 128 Å². The molecule has 0 aliphatic heterocycles. The molecule has 4 N–H and O–H groups in total. The van der Waals surface area contributed by atoms with E-state index >= 15 is 0 Å². The second kappa shape index (κ2) is 73.7. The number of phosphoric acid groups is 2. The number of ether oxygens (including phenoxy) is 3. The van der Waals surface area contributed by atoms with Crippen LogP contribution >= 0.6 is 15.6 Å². The maximum Gasteiger partial charge on any atom is 0.472 e. The number of carbonyl (C=O) groups excluding carboxylic acids is 3. The highest BCUT2D eigenvalue weighted by molar-refractivity contribution is 7.47. The molecule has 0 saturated heterocycles. The zero-order valence-electron chi connectivity index (χ0n) is 62.1. The van der Waals surface area contributed by atoms with Gasteiger partial charge in [-0.05, 0) is 109 Å². The summed E-state index contributed by atoms with van der Waals surface area (Å²) in [7, 11) is -9.78. The third kappa shape index (κ3) is 74.9. The summed E-state index contributed by atoms with van der Waals surface area (Å²) in [5.74, 6) is -1.61. The fourth-order valence-electron chi connectivity index (χ4n) is 10.3. The molecular weight excluding hydrogens is 1290 g/mol. The van der Waals surface area contributed by atoms with Crippen LogP contribution in [0.3, 0.4) is 0 Å². The lowest BCUT2D eigenvalue weighted by Gasteiger charge is -2.21. The van der Waals surface area contributed by atoms with Crippen molar-refractivity contribution in [3.8, 4) is 0 Å². The van der Waals surface area contributed by atoms with Gasteiger partial charge < -0.3 is 34.2 Å². The molecule has 99 heavy (non-hydrogen) atoms. The first-order valence-corrected chi connectivity index (χ1v) is 41.8. The Labute approximate surface area is 602 Å². The van der Waals surface area contributed by atoms with E-state index in [1.54, 1.807) is 0 Å². The number of phosphoric ester groups is 2. The number of aliphatic hydroxyl groups excluding tert-OH is 2. The normalized spacial score (nSPS) is 14.7. The average Bonchev–Trinajstić information content (AvgIpc) is 1.28. The van der Waals surface area contributed by atoms with E-state index in [-0.39, 0.29) is 19.3 Å². The molecule has 0 aromatic heterocycles. The van der Waals surface area contributed by atoms with E-state index in [1.165, 1.54) is 128 Å². The summed E-state index contributed by atoms with van der Waals surface area (Å²) in [6.45, 7) is 2.42. The third-order valence-electron chi connectivity index (χ3n) is 16.2. The molecular formula is C81H140O16P2. The topological polar surface area (TPSA) is 231 Å². The van der Waals surface area contributed by atoms with E-state index in [9.17, 15) is 43.5 Å². The first-order chi connectivity index (χ1) is 48.2. The molecule has 0 radical (unpaired) electrons. The molecule has 0 aliphatic rings. The number of unbranched alkanes of at least 4 members (excludes halogenated alkanes) is 30. The predicted molar refractivity (Wildman–Crippen MR) is 408 cm³/mol. The van der Waals surface area contributed by atoms with E-state index in [1.807, 2.05) is 0 Å². The number of esters is 3. The van der Waals surface area contributed by atoms with Gasteiger partial charge in [0.25, 0.3) is 0 Å². The van der Waals surface area contributed by atoms with Gasteiger partial charge in [0.2, 0.25) is 0 Å². The number of rotatable bonds is 73. The summed E-state index contributed by atoms with van der Waals surface area (Å²) < 4.78 is 61.0. The van der Waals surface area contributed by atoms with Gasteiger partial charge in [0, 0.05) is 19.3 Å². The first-order valence-electron chi connectivity index (χ1n) is 38.8. The molecule has 0 amide bonds. The Morgan fingerprint density at radius 2 is 0.535 bits per heavy atom. The monoisotopic (exact) mass is 1430 g/mol. The Kier molecular flexibility index (Phi) is 70.7. The second-order valence-electron chi connectivity index (χ2n) is 25.8. The van der Waals surface area contributed by atoms with Gasteiger partial charge in [-0.3, -0.25) is 32.5 Å². The molecule has 0 aliphatic carbocycles. The SMILES string of the molecule is CC/C=C\C/C=C\C/C=C\C/C=C\C/C=C\CCCCCCCCCCCCCCCCCCCC(=O)OCC(O)COP(=O)(O)OCC(O)COP(=O)(O)OCC(COC(=O)CCCCC/C=C\C/C=C\C/C=C\C/C=C\C/C=C\CC)OC(=O)CCCCCCCCCCCCC. The molecule has 0 heterocycles. The molecule has 570 valence electrons. The summed E-state index contributed by atoms with van der Waals surface area (Å²) >= 11 is 0. The molecule has 0 aromatic rings. The fraction of sp³-hybridized carbons (Fsp3) is 0.716. The molecule has 18 heteroatoms. The maximum atomic E-state index is 12.9. The van der Waals surface area contributed by atoms with Gasteiger partial charge >= 0.3 is 33.6 Å². The molecule has 0 aromatic carbocycles. The van der Waals surface area contributed by atoms with Crippen molar-refractivity contribution in [1.82, 2.24) is 0 Å². The maximum absolute atomic E-state index is 12.9. The molecule has 0 rings (SSSR count). The van der Waals surface area contributed by atoms with Crippen molar-refractivity contribution in [2.45, 2.75) is 334 Å². The van der Waals surface area contributed by atoms with Crippen molar-refractivity contribution >= 4 is 33.6 Å². The smallest absolute Gasteiger partial charge is 0.463 e. The molecule has 0 spiro atoms. The summed E-state index contributed by atoms with van der Waals surface area (Å²) in [6, 6.07) is 0. The minimum Gasteiger partial charge on any atom is -0.463 e. The number of allylic oxidation sites excluding steroid dienone is 20. The average molecular weight is 1430 g/mol. The van der Waals surface area contributed by atoms with Crippen molar-refractivity contribution in [2.24, 2.45) is 0 Å². The first kappa shape index (κ1) is 94.9. The molecule has 0 fully saturated rings. The van der Waals surface area contributed by atoms with E-state index in [4.69, 9.17) is 32.3 Å². The second-order valence-corrected chi connectivity index (χ2v) is 28.7. The number of carbonyl (C=O) groups is 3. The Hall–Kier alpha value is -4.05. The van der Waals surface area contributed by atoms with Gasteiger partial charge in [0.1, 0.15) is 25.4 Å². The predicted octanol–water partition coefficient (Wildman–Crippen LogP) is 22.5. The van der Waals surface area contributed by atoms with Crippen LogP contribution in [0.1, 0.15) is 316 Å². The lowest BCUT2D eigenvalue weighted by atomic mass is 10.0. The van der Waals surface area contributed by atoms with Gasteiger partial charge in [0.05, 0.1) is 26.4 Å². The zero-order valence-corrected chi connectivity index (χ0v) is 63.9. The van der Waals surface area contributed by atoms with Crippen LogP contribution in [0.4, 0.5) is 0 Å². The fourth-order valence-corrected chi connectivity index (χ4v) is 11.9. The highest BCUT2D eigenvalue weighted by Gasteiger charge is 2.29. The summed E-state index contributed by atoms with van der Waals surface area (Å²) in [4.78, 5) is 58.4. The van der Waals surface area contributed by atoms with Gasteiger partial charge in [-0.15, -0.1) is 0 Å². The lowest BCUT2D eigenvalue weighted by Crippen LogP contribution is -2.30. The quantitative estimate of drug-likeness (QED) is 0.0146. The Bertz CT molecular complexity index is 2290. The van der Waals surface area contributed by atoms with Crippen molar-refractivity contribution in [3.63, 3.8) is 0 Å². The largest absolute Gasteiger partial charge is 0.472 e. The van der Waals surface area contributed by atoms with Gasteiger partial charge in [-0.1, -0.05) is 309 Å². The minimum atomic E-state index is -4.93. The Morgan fingerprint density at radius 3 is 0.859 bits per heavy atom. The van der Waals surface area contributed by atoms with Crippen LogP contribution in [-0.4, -0.2) is 95.9 Å². The van der Waals surface area contributed by atoms with Crippen LogP contribution in [-0.2, 0) is 55.8 Å². The zero-order chi connectivity index (χ0) is 72.3. The molecule has 0 saturated carbocycles. The van der Waals surface area contributed by atoms with E-state index < -0.39 is 91.5 Å². The van der Waals surface area contributed by atoms with E-state index in [2.05, 4.69) is 142 Å². The van der Waals surface area contributed by atoms with Gasteiger partial charge in [0.15, 0.2) is 6.10 Å². The van der Waals surface area contributed by atoms with Crippen molar-refractivity contribution in [2.75, 3.05) is 39.6 Å². The van der Waals surface area contributed by atoms with Gasteiger partial charge in [-0.2, -0.15) is 0 Å². The highest BCUT2D eigenvalue weighted by atomic mass is 31.2. The van der Waals surface area contributed by atoms with Crippen molar-refractivity contribution < 1.29 is 75.8 Å². The van der Waals surface area contributed by atoms with Crippen molar-refractivity contribution in [1.29, 1.82) is 0 Å².